The topological polar surface area (TPSA) is 12.9 Å². The molecule has 1 aromatic heterocycles. The van der Waals surface area contributed by atoms with Crippen molar-refractivity contribution in [1.29, 1.82) is 0 Å². The molecule has 4 aromatic rings. The van der Waals surface area contributed by atoms with Crippen molar-refractivity contribution < 1.29 is 0 Å². The highest BCUT2D eigenvalue weighted by molar-refractivity contribution is 5.96. The molecule has 1 unspecified atom stereocenters. The molecule has 1 aliphatic rings. The van der Waals surface area contributed by atoms with Gasteiger partial charge in [-0.3, -0.25) is 4.98 Å². The van der Waals surface area contributed by atoms with Gasteiger partial charge in [0, 0.05) is 23.4 Å². The summed E-state index contributed by atoms with van der Waals surface area (Å²) in [6, 6.07) is 24.1. The number of pyridine rings is 1. The molecular formula is C30H25N. The Kier molecular flexibility index (Phi) is 4.48. The summed E-state index contributed by atoms with van der Waals surface area (Å²) in [6.45, 7) is 12.9. The Labute approximate surface area is 184 Å². The lowest BCUT2D eigenvalue weighted by atomic mass is 9.73. The van der Waals surface area contributed by atoms with Gasteiger partial charge in [0.1, 0.15) is 0 Å². The molecule has 1 aliphatic carbocycles. The number of hydrogen-bond acceptors (Lipinski definition) is 1. The molecule has 0 bridgehead atoms. The van der Waals surface area contributed by atoms with Crippen LogP contribution in [-0.2, 0) is 5.41 Å². The average Bonchev–Trinajstić information content (AvgIpc) is 3.07. The van der Waals surface area contributed by atoms with E-state index in [2.05, 4.69) is 92.7 Å². The maximum absolute atomic E-state index is 4.37. The molecule has 0 saturated heterocycles. The van der Waals surface area contributed by atoms with Crippen molar-refractivity contribution in [2.75, 3.05) is 0 Å². The summed E-state index contributed by atoms with van der Waals surface area (Å²) >= 11 is 0. The number of benzene rings is 3. The van der Waals surface area contributed by atoms with E-state index in [0.717, 1.165) is 22.3 Å². The molecule has 1 nitrogen and oxygen atoms in total. The third-order valence-corrected chi connectivity index (χ3v) is 6.66. The highest BCUT2D eigenvalue weighted by atomic mass is 14.6. The smallest absolute Gasteiger partial charge is 0.0436 e. The lowest BCUT2D eigenvalue weighted by Crippen LogP contribution is -2.22. The fourth-order valence-electron chi connectivity index (χ4n) is 5.11. The maximum atomic E-state index is 4.37. The van der Waals surface area contributed by atoms with Gasteiger partial charge in [-0.25, -0.2) is 0 Å². The normalized spacial score (nSPS) is 16.5. The molecular weight excluding hydrogens is 374 g/mol. The SMILES string of the molecule is C=Cc1c(-c2cccnc2)cc2c(c1C=C)-c1ccc(C)cc1C2(C)c1ccccc1. The second-order valence-electron chi connectivity index (χ2n) is 8.36. The van der Waals surface area contributed by atoms with Gasteiger partial charge in [-0.15, -0.1) is 0 Å². The van der Waals surface area contributed by atoms with Gasteiger partial charge in [-0.1, -0.05) is 85.5 Å². The maximum Gasteiger partial charge on any atom is 0.0436 e. The summed E-state index contributed by atoms with van der Waals surface area (Å²) in [7, 11) is 0. The number of aryl methyl sites for hydroxylation is 1. The van der Waals surface area contributed by atoms with Crippen LogP contribution in [0.5, 0.6) is 0 Å². The second kappa shape index (κ2) is 7.21. The van der Waals surface area contributed by atoms with Gasteiger partial charge in [0.2, 0.25) is 0 Å². The molecule has 0 N–H and O–H groups in total. The molecule has 150 valence electrons. The molecule has 0 amide bonds. The minimum atomic E-state index is -0.258. The number of aromatic nitrogens is 1. The van der Waals surface area contributed by atoms with E-state index in [1.54, 1.807) is 0 Å². The van der Waals surface area contributed by atoms with E-state index in [4.69, 9.17) is 0 Å². The predicted molar refractivity (Wildman–Crippen MR) is 132 cm³/mol. The molecule has 0 fully saturated rings. The molecule has 0 aliphatic heterocycles. The summed E-state index contributed by atoms with van der Waals surface area (Å²) in [5.41, 5.74) is 12.0. The van der Waals surface area contributed by atoms with E-state index in [1.165, 1.54) is 33.4 Å². The third-order valence-electron chi connectivity index (χ3n) is 6.66. The Morgan fingerprint density at radius 3 is 2.26 bits per heavy atom. The van der Waals surface area contributed by atoms with Crippen molar-refractivity contribution >= 4 is 12.2 Å². The van der Waals surface area contributed by atoms with Crippen molar-refractivity contribution in [3.05, 3.63) is 126 Å². The Balaban J connectivity index is 1.95. The Hall–Kier alpha value is -3.71. The number of nitrogens with zero attached hydrogens (tertiary/aromatic N) is 1. The summed E-state index contributed by atoms with van der Waals surface area (Å²) in [6.07, 6.45) is 7.67. The first-order valence-electron chi connectivity index (χ1n) is 10.6. The van der Waals surface area contributed by atoms with E-state index >= 15 is 0 Å². The minimum absolute atomic E-state index is 0.258. The van der Waals surface area contributed by atoms with E-state index < -0.39 is 0 Å². The largest absolute Gasteiger partial charge is 0.264 e. The third kappa shape index (κ3) is 2.74. The highest BCUT2D eigenvalue weighted by Gasteiger charge is 2.42. The van der Waals surface area contributed by atoms with Gasteiger partial charge in [-0.2, -0.15) is 0 Å². The molecule has 3 aromatic carbocycles. The van der Waals surface area contributed by atoms with Gasteiger partial charge in [0.25, 0.3) is 0 Å². The molecule has 1 atom stereocenters. The monoisotopic (exact) mass is 399 g/mol. The molecule has 1 heterocycles. The Bertz CT molecular complexity index is 1320. The highest BCUT2D eigenvalue weighted by Crippen LogP contribution is 2.55. The Morgan fingerprint density at radius 1 is 0.806 bits per heavy atom. The Morgan fingerprint density at radius 2 is 1.58 bits per heavy atom. The van der Waals surface area contributed by atoms with Crippen molar-refractivity contribution in [2.24, 2.45) is 0 Å². The first kappa shape index (κ1) is 19.3. The quantitative estimate of drug-likeness (QED) is 0.343. The lowest BCUT2D eigenvalue weighted by Gasteiger charge is -2.29. The van der Waals surface area contributed by atoms with E-state index in [9.17, 15) is 0 Å². The average molecular weight is 400 g/mol. The molecule has 0 spiro atoms. The number of fused-ring (bicyclic) bond motifs is 3. The minimum Gasteiger partial charge on any atom is -0.264 e. The van der Waals surface area contributed by atoms with Crippen LogP contribution in [0.3, 0.4) is 0 Å². The van der Waals surface area contributed by atoms with Crippen LogP contribution >= 0.6 is 0 Å². The zero-order valence-electron chi connectivity index (χ0n) is 18.0. The van der Waals surface area contributed by atoms with Crippen LogP contribution < -0.4 is 0 Å². The lowest BCUT2D eigenvalue weighted by molar-refractivity contribution is 0.713. The van der Waals surface area contributed by atoms with Crippen molar-refractivity contribution in [3.8, 4) is 22.3 Å². The standard InChI is InChI=1S/C30H25N/c1-5-23-24(6-2)29-25-15-14-20(3)17-27(25)30(4,22-12-8-7-9-13-22)28(29)18-26(23)21-11-10-16-31-19-21/h5-19H,1-2H2,3-4H3. The van der Waals surface area contributed by atoms with Crippen LogP contribution in [0.25, 0.3) is 34.4 Å². The summed E-state index contributed by atoms with van der Waals surface area (Å²) < 4.78 is 0. The second-order valence-corrected chi connectivity index (χ2v) is 8.36. The fourth-order valence-corrected chi connectivity index (χ4v) is 5.11. The number of hydrogen-bond donors (Lipinski definition) is 0. The molecule has 31 heavy (non-hydrogen) atoms. The molecule has 5 rings (SSSR count). The molecule has 0 radical (unpaired) electrons. The van der Waals surface area contributed by atoms with E-state index in [1.807, 2.05) is 30.6 Å². The van der Waals surface area contributed by atoms with Gasteiger partial charge in [0.05, 0.1) is 0 Å². The van der Waals surface area contributed by atoms with Crippen molar-refractivity contribution in [2.45, 2.75) is 19.3 Å². The van der Waals surface area contributed by atoms with Gasteiger partial charge in [0.15, 0.2) is 0 Å². The summed E-state index contributed by atoms with van der Waals surface area (Å²) in [5, 5.41) is 0. The number of rotatable bonds is 4. The van der Waals surface area contributed by atoms with Crippen LogP contribution in [0, 0.1) is 6.92 Å². The van der Waals surface area contributed by atoms with Crippen LogP contribution in [0.4, 0.5) is 0 Å². The zero-order valence-corrected chi connectivity index (χ0v) is 18.0. The van der Waals surface area contributed by atoms with E-state index in [0.29, 0.717) is 0 Å². The fraction of sp³-hybridized carbons (Fsp3) is 0.100. The van der Waals surface area contributed by atoms with Gasteiger partial charge in [-0.05, 0) is 70.5 Å². The van der Waals surface area contributed by atoms with Crippen LogP contribution in [0.1, 0.15) is 40.3 Å². The molecule has 1 heteroatoms. The summed E-state index contributed by atoms with van der Waals surface area (Å²) in [5.74, 6) is 0. The van der Waals surface area contributed by atoms with Gasteiger partial charge < -0.3 is 0 Å². The van der Waals surface area contributed by atoms with Crippen molar-refractivity contribution in [1.82, 2.24) is 4.98 Å². The van der Waals surface area contributed by atoms with Crippen LogP contribution in [-0.4, -0.2) is 4.98 Å². The zero-order chi connectivity index (χ0) is 21.6. The van der Waals surface area contributed by atoms with Crippen molar-refractivity contribution in [3.63, 3.8) is 0 Å². The van der Waals surface area contributed by atoms with Gasteiger partial charge >= 0.3 is 0 Å². The first-order valence-corrected chi connectivity index (χ1v) is 10.6. The molecule has 0 saturated carbocycles. The van der Waals surface area contributed by atoms with E-state index in [-0.39, 0.29) is 5.41 Å². The summed E-state index contributed by atoms with van der Waals surface area (Å²) in [4.78, 5) is 4.37. The van der Waals surface area contributed by atoms with Crippen LogP contribution in [0.15, 0.2) is 92.3 Å². The van der Waals surface area contributed by atoms with Crippen LogP contribution in [0.2, 0.25) is 0 Å². The predicted octanol–water partition coefficient (Wildman–Crippen LogP) is 7.68. The first-order chi connectivity index (χ1) is 15.1.